The van der Waals surface area contributed by atoms with Gasteiger partial charge in [-0.15, -0.1) is 0 Å². The maximum atomic E-state index is 12.4. The SMILES string of the molecule is Cc1cnn(CCN2C(=O)NC(=O)C3(CCC3)C2=O)c1. The summed E-state index contributed by atoms with van der Waals surface area (Å²) in [5.41, 5.74) is 0.0265. The number of aryl methyl sites for hydroxylation is 1. The zero-order chi connectivity index (χ0) is 14.3. The average Bonchev–Trinajstić information content (AvgIpc) is 2.72. The van der Waals surface area contributed by atoms with Crippen LogP contribution in [-0.2, 0) is 16.1 Å². The van der Waals surface area contributed by atoms with Gasteiger partial charge in [0.05, 0.1) is 19.3 Å². The van der Waals surface area contributed by atoms with Gasteiger partial charge in [-0.3, -0.25) is 24.5 Å². The first-order valence-corrected chi connectivity index (χ1v) is 6.69. The van der Waals surface area contributed by atoms with Gasteiger partial charge in [0.25, 0.3) is 0 Å². The highest BCUT2D eigenvalue weighted by Crippen LogP contribution is 2.44. The number of carbonyl (C=O) groups excluding carboxylic acids is 3. The standard InChI is InChI=1S/C13H16N4O3/c1-9-7-14-16(8-9)5-6-17-11(19)13(3-2-4-13)10(18)15-12(17)20/h7-8H,2-6H2,1H3,(H,15,18,20). The molecule has 0 bridgehead atoms. The Kier molecular flexibility index (Phi) is 2.84. The molecule has 1 saturated heterocycles. The maximum Gasteiger partial charge on any atom is 0.330 e. The Morgan fingerprint density at radius 1 is 1.30 bits per heavy atom. The average molecular weight is 276 g/mol. The largest absolute Gasteiger partial charge is 0.330 e. The third-order valence-electron chi connectivity index (χ3n) is 4.08. The molecule has 106 valence electrons. The summed E-state index contributed by atoms with van der Waals surface area (Å²) in [6.07, 6.45) is 5.47. The second kappa shape index (κ2) is 4.43. The number of nitrogens with one attached hydrogen (secondary N) is 1. The second-order valence-electron chi connectivity index (χ2n) is 5.43. The minimum absolute atomic E-state index is 0.223. The molecule has 1 saturated carbocycles. The van der Waals surface area contributed by atoms with Crippen LogP contribution in [0.2, 0.25) is 0 Å². The van der Waals surface area contributed by atoms with Crippen molar-refractivity contribution in [1.29, 1.82) is 0 Å². The van der Waals surface area contributed by atoms with Crippen LogP contribution in [0, 0.1) is 12.3 Å². The summed E-state index contributed by atoms with van der Waals surface area (Å²) < 4.78 is 1.68. The third-order valence-corrected chi connectivity index (χ3v) is 4.08. The van der Waals surface area contributed by atoms with Crippen molar-refractivity contribution in [2.75, 3.05) is 6.54 Å². The highest BCUT2D eigenvalue weighted by molar-refractivity contribution is 6.19. The fraction of sp³-hybridized carbons (Fsp3) is 0.538. The molecular weight excluding hydrogens is 260 g/mol. The second-order valence-corrected chi connectivity index (χ2v) is 5.43. The minimum Gasteiger partial charge on any atom is -0.277 e. The van der Waals surface area contributed by atoms with Gasteiger partial charge < -0.3 is 0 Å². The van der Waals surface area contributed by atoms with Gasteiger partial charge in [-0.25, -0.2) is 4.79 Å². The van der Waals surface area contributed by atoms with Crippen LogP contribution >= 0.6 is 0 Å². The molecule has 2 heterocycles. The summed E-state index contributed by atoms with van der Waals surface area (Å²) in [6.45, 7) is 2.57. The van der Waals surface area contributed by atoms with Crippen LogP contribution < -0.4 is 5.32 Å². The predicted molar refractivity (Wildman–Crippen MR) is 68.5 cm³/mol. The fourth-order valence-corrected chi connectivity index (χ4v) is 2.70. The van der Waals surface area contributed by atoms with E-state index in [4.69, 9.17) is 0 Å². The van der Waals surface area contributed by atoms with Crippen molar-refractivity contribution in [1.82, 2.24) is 20.0 Å². The molecule has 7 heteroatoms. The van der Waals surface area contributed by atoms with Gasteiger partial charge in [0, 0.05) is 6.20 Å². The number of rotatable bonds is 3. The van der Waals surface area contributed by atoms with Crippen LogP contribution in [0.15, 0.2) is 12.4 Å². The molecule has 1 aliphatic heterocycles. The monoisotopic (exact) mass is 276 g/mol. The number of amides is 4. The molecule has 2 fully saturated rings. The fourth-order valence-electron chi connectivity index (χ4n) is 2.70. The number of urea groups is 1. The van der Waals surface area contributed by atoms with Gasteiger partial charge in [-0.2, -0.15) is 5.10 Å². The Hall–Kier alpha value is -2.18. The zero-order valence-electron chi connectivity index (χ0n) is 11.3. The van der Waals surface area contributed by atoms with Crippen LogP contribution in [-0.4, -0.2) is 39.1 Å². The van der Waals surface area contributed by atoms with E-state index in [1.54, 1.807) is 10.9 Å². The van der Waals surface area contributed by atoms with Crippen molar-refractivity contribution in [3.05, 3.63) is 18.0 Å². The molecule has 0 aromatic carbocycles. The van der Waals surface area contributed by atoms with Gasteiger partial charge in [0.15, 0.2) is 0 Å². The summed E-state index contributed by atoms with van der Waals surface area (Å²) in [5, 5.41) is 6.41. The zero-order valence-corrected chi connectivity index (χ0v) is 11.3. The van der Waals surface area contributed by atoms with Crippen molar-refractivity contribution >= 4 is 17.8 Å². The molecule has 1 aliphatic carbocycles. The quantitative estimate of drug-likeness (QED) is 0.812. The molecule has 1 N–H and O–H groups in total. The Morgan fingerprint density at radius 2 is 2.05 bits per heavy atom. The first kappa shape index (κ1) is 12.8. The number of hydrogen-bond acceptors (Lipinski definition) is 4. The van der Waals surface area contributed by atoms with E-state index in [9.17, 15) is 14.4 Å². The highest BCUT2D eigenvalue weighted by atomic mass is 16.2. The first-order valence-electron chi connectivity index (χ1n) is 6.69. The van der Waals surface area contributed by atoms with Crippen LogP contribution in [0.4, 0.5) is 4.79 Å². The van der Waals surface area contributed by atoms with E-state index >= 15 is 0 Å². The van der Waals surface area contributed by atoms with E-state index < -0.39 is 17.4 Å². The van der Waals surface area contributed by atoms with Crippen LogP contribution in [0.25, 0.3) is 0 Å². The summed E-state index contributed by atoms with van der Waals surface area (Å²) in [4.78, 5) is 37.2. The number of barbiturate groups is 1. The predicted octanol–water partition coefficient (Wildman–Crippen LogP) is 0.440. The van der Waals surface area contributed by atoms with Crippen LogP contribution in [0.1, 0.15) is 24.8 Å². The Morgan fingerprint density at radius 3 is 2.60 bits per heavy atom. The minimum atomic E-state index is -0.992. The summed E-state index contributed by atoms with van der Waals surface area (Å²) in [6, 6.07) is -0.624. The van der Waals surface area contributed by atoms with Gasteiger partial charge in [-0.1, -0.05) is 6.42 Å². The van der Waals surface area contributed by atoms with Gasteiger partial charge >= 0.3 is 6.03 Å². The van der Waals surface area contributed by atoms with Gasteiger partial charge in [0.1, 0.15) is 5.41 Å². The lowest BCUT2D eigenvalue weighted by atomic mass is 9.66. The van der Waals surface area contributed by atoms with Gasteiger partial charge in [0.2, 0.25) is 11.8 Å². The normalized spacial score (nSPS) is 21.1. The molecule has 2 aliphatic rings. The number of imide groups is 2. The van der Waals surface area contributed by atoms with E-state index in [-0.39, 0.29) is 12.5 Å². The first-order chi connectivity index (χ1) is 9.53. The summed E-state index contributed by atoms with van der Waals surface area (Å²) in [7, 11) is 0. The Bertz CT molecular complexity index is 588. The smallest absolute Gasteiger partial charge is 0.277 e. The summed E-state index contributed by atoms with van der Waals surface area (Å²) >= 11 is 0. The van der Waals surface area contributed by atoms with E-state index in [1.165, 1.54) is 0 Å². The molecule has 1 spiro atoms. The number of aromatic nitrogens is 2. The van der Waals surface area contributed by atoms with Gasteiger partial charge in [-0.05, 0) is 25.3 Å². The van der Waals surface area contributed by atoms with E-state index in [2.05, 4.69) is 10.4 Å². The molecule has 4 amide bonds. The highest BCUT2D eigenvalue weighted by Gasteiger charge is 2.57. The molecule has 0 unspecified atom stereocenters. The Labute approximate surface area is 115 Å². The summed E-state index contributed by atoms with van der Waals surface area (Å²) in [5.74, 6) is -0.800. The van der Waals surface area contributed by atoms with Crippen molar-refractivity contribution in [3.8, 4) is 0 Å². The van der Waals surface area contributed by atoms with E-state index in [0.29, 0.717) is 19.4 Å². The molecule has 1 aromatic rings. The molecule has 0 atom stereocenters. The van der Waals surface area contributed by atoms with E-state index in [0.717, 1.165) is 16.9 Å². The molecular formula is C13H16N4O3. The molecule has 1 aromatic heterocycles. The number of carbonyl (C=O) groups is 3. The number of nitrogens with zero attached hydrogens (tertiary/aromatic N) is 3. The van der Waals surface area contributed by atoms with Crippen LogP contribution in [0.3, 0.4) is 0 Å². The van der Waals surface area contributed by atoms with Crippen molar-refractivity contribution < 1.29 is 14.4 Å². The Balaban J connectivity index is 1.73. The lowest BCUT2D eigenvalue weighted by Gasteiger charge is -2.44. The van der Waals surface area contributed by atoms with Crippen molar-refractivity contribution in [2.45, 2.75) is 32.7 Å². The molecule has 3 rings (SSSR count). The molecule has 20 heavy (non-hydrogen) atoms. The lowest BCUT2D eigenvalue weighted by Crippen LogP contribution is -2.66. The van der Waals surface area contributed by atoms with Crippen molar-refractivity contribution in [3.63, 3.8) is 0 Å². The molecule has 0 radical (unpaired) electrons. The van der Waals surface area contributed by atoms with Crippen molar-refractivity contribution in [2.24, 2.45) is 5.41 Å². The maximum absolute atomic E-state index is 12.4. The lowest BCUT2D eigenvalue weighted by molar-refractivity contribution is -0.157. The third kappa shape index (κ3) is 1.81. The van der Waals surface area contributed by atoms with Crippen LogP contribution in [0.5, 0.6) is 0 Å². The van der Waals surface area contributed by atoms with E-state index in [1.807, 2.05) is 13.1 Å². The molecule has 7 nitrogen and oxygen atoms in total. The topological polar surface area (TPSA) is 84.3 Å². The number of hydrogen-bond donors (Lipinski definition) is 1.